The smallest absolute Gasteiger partial charge is 0.188 e. The third-order valence-electron chi connectivity index (χ3n) is 4.81. The van der Waals surface area contributed by atoms with Crippen molar-refractivity contribution in [3.63, 3.8) is 0 Å². The molecule has 0 aromatic heterocycles. The van der Waals surface area contributed by atoms with E-state index in [2.05, 4.69) is 42.8 Å². The fourth-order valence-corrected chi connectivity index (χ4v) is 3.62. The molecule has 1 unspecified atom stereocenters. The van der Waals surface area contributed by atoms with Gasteiger partial charge in [-0.25, -0.2) is 0 Å². The van der Waals surface area contributed by atoms with Crippen LogP contribution in [0.2, 0.25) is 0 Å². The Kier molecular flexibility index (Phi) is 4.17. The first-order valence-electron chi connectivity index (χ1n) is 9.08. The Hall–Kier alpha value is -2.79. The Bertz CT molecular complexity index is 906. The van der Waals surface area contributed by atoms with Crippen LogP contribution in [0.15, 0.2) is 59.0 Å². The Balaban J connectivity index is 1.82. The molecule has 0 amide bonds. The number of allylic oxidation sites excluding steroid dienone is 3. The first-order chi connectivity index (χ1) is 12.6. The number of carbonyl (C=O) groups is 1. The Morgan fingerprint density at radius 2 is 2.08 bits per heavy atom. The molecule has 0 bridgehead atoms. The zero-order chi connectivity index (χ0) is 18.3. The van der Waals surface area contributed by atoms with E-state index in [4.69, 9.17) is 4.74 Å². The number of likely N-dealkylation sites (N-methyl/N-ethyl adjacent to an activating group) is 1. The van der Waals surface area contributed by atoms with Crippen LogP contribution >= 0.6 is 0 Å². The number of ketones is 1. The van der Waals surface area contributed by atoms with Crippen LogP contribution in [0.4, 0.5) is 11.4 Å². The molecule has 3 N–H and O–H groups in total. The topological polar surface area (TPSA) is 62.4 Å². The standard InChI is InChI=1S/C21H23N3O2/c1-4-22-14-10-18-16(9-12(14)3)24-21-19(26-18)11-15(23-5-2)13-7-6-8-17(25)20(13)21/h6-11,15,22-24H,4-5H2,1-3H3. The van der Waals surface area contributed by atoms with E-state index < -0.39 is 0 Å². The summed E-state index contributed by atoms with van der Waals surface area (Å²) in [5.74, 6) is 1.47. The maximum absolute atomic E-state index is 12.6. The quantitative estimate of drug-likeness (QED) is 0.777. The Labute approximate surface area is 153 Å². The van der Waals surface area contributed by atoms with Gasteiger partial charge in [-0.05, 0) is 49.7 Å². The van der Waals surface area contributed by atoms with Crippen LogP contribution in [0.25, 0.3) is 0 Å². The number of rotatable bonds is 4. The van der Waals surface area contributed by atoms with Crippen LogP contribution in [-0.2, 0) is 4.79 Å². The van der Waals surface area contributed by atoms with E-state index in [9.17, 15) is 4.79 Å². The number of nitrogens with one attached hydrogen (secondary N) is 3. The molecule has 26 heavy (non-hydrogen) atoms. The van der Waals surface area contributed by atoms with Crippen LogP contribution in [0.3, 0.4) is 0 Å². The van der Waals surface area contributed by atoms with Crippen LogP contribution in [0.5, 0.6) is 5.75 Å². The van der Waals surface area contributed by atoms with Crippen molar-refractivity contribution in [1.29, 1.82) is 0 Å². The molecule has 1 atom stereocenters. The highest BCUT2D eigenvalue weighted by molar-refractivity contribution is 6.11. The number of benzene rings is 1. The molecule has 0 radical (unpaired) electrons. The summed E-state index contributed by atoms with van der Waals surface area (Å²) in [4.78, 5) is 12.6. The molecule has 0 saturated carbocycles. The molecule has 1 aromatic carbocycles. The lowest BCUT2D eigenvalue weighted by Crippen LogP contribution is -2.37. The number of ether oxygens (including phenoxy) is 1. The average Bonchev–Trinajstić information content (AvgIpc) is 2.62. The van der Waals surface area contributed by atoms with Crippen molar-refractivity contribution >= 4 is 17.2 Å². The van der Waals surface area contributed by atoms with E-state index in [0.717, 1.165) is 47.0 Å². The van der Waals surface area contributed by atoms with Crippen LogP contribution in [0.1, 0.15) is 19.4 Å². The normalized spacial score (nSPS) is 20.3. The number of hydrogen-bond acceptors (Lipinski definition) is 5. The van der Waals surface area contributed by atoms with Gasteiger partial charge in [0, 0.05) is 18.3 Å². The summed E-state index contributed by atoms with van der Waals surface area (Å²) in [6.07, 6.45) is 7.47. The maximum Gasteiger partial charge on any atom is 0.188 e. The number of carbonyl (C=O) groups excluding carboxylic acids is 1. The molecule has 2 aliphatic carbocycles. The molecule has 5 heteroatoms. The summed E-state index contributed by atoms with van der Waals surface area (Å²) in [6, 6.07) is 4.03. The largest absolute Gasteiger partial charge is 0.453 e. The van der Waals surface area contributed by atoms with E-state index in [-0.39, 0.29) is 11.8 Å². The zero-order valence-corrected chi connectivity index (χ0v) is 15.3. The molecule has 3 aliphatic rings. The van der Waals surface area contributed by atoms with Crippen molar-refractivity contribution in [2.24, 2.45) is 0 Å². The predicted molar refractivity (Wildman–Crippen MR) is 104 cm³/mol. The summed E-state index contributed by atoms with van der Waals surface area (Å²) < 4.78 is 6.21. The van der Waals surface area contributed by atoms with Gasteiger partial charge in [-0.1, -0.05) is 19.1 Å². The predicted octanol–water partition coefficient (Wildman–Crippen LogP) is 3.43. The van der Waals surface area contributed by atoms with Crippen molar-refractivity contribution in [1.82, 2.24) is 5.32 Å². The number of hydrogen-bond donors (Lipinski definition) is 3. The molecule has 4 rings (SSSR count). The first-order valence-corrected chi connectivity index (χ1v) is 9.08. The van der Waals surface area contributed by atoms with Crippen LogP contribution in [-0.4, -0.2) is 24.9 Å². The van der Waals surface area contributed by atoms with Gasteiger partial charge >= 0.3 is 0 Å². The lowest BCUT2D eigenvalue weighted by Gasteiger charge is -2.34. The van der Waals surface area contributed by atoms with E-state index in [0.29, 0.717) is 11.3 Å². The van der Waals surface area contributed by atoms with Gasteiger partial charge < -0.3 is 20.7 Å². The first kappa shape index (κ1) is 16.7. The minimum atomic E-state index is -0.0373. The van der Waals surface area contributed by atoms with Crippen molar-refractivity contribution in [3.05, 3.63) is 64.6 Å². The number of anilines is 2. The second kappa shape index (κ2) is 6.50. The summed E-state index contributed by atoms with van der Waals surface area (Å²) in [7, 11) is 0. The van der Waals surface area contributed by atoms with Gasteiger partial charge in [-0.15, -0.1) is 0 Å². The second-order valence-corrected chi connectivity index (χ2v) is 6.58. The molecule has 134 valence electrons. The van der Waals surface area contributed by atoms with Gasteiger partial charge in [0.1, 0.15) is 5.76 Å². The molecule has 5 nitrogen and oxygen atoms in total. The van der Waals surface area contributed by atoms with E-state index >= 15 is 0 Å². The summed E-state index contributed by atoms with van der Waals surface area (Å²) >= 11 is 0. The third kappa shape index (κ3) is 2.65. The average molecular weight is 349 g/mol. The van der Waals surface area contributed by atoms with Gasteiger partial charge in [0.05, 0.1) is 23.0 Å². The summed E-state index contributed by atoms with van der Waals surface area (Å²) in [5.41, 5.74) is 5.50. The van der Waals surface area contributed by atoms with Crippen molar-refractivity contribution in [2.45, 2.75) is 26.8 Å². The van der Waals surface area contributed by atoms with Crippen LogP contribution in [0, 0.1) is 6.92 Å². The van der Waals surface area contributed by atoms with E-state index in [1.165, 1.54) is 0 Å². The second-order valence-electron chi connectivity index (χ2n) is 6.58. The fourth-order valence-electron chi connectivity index (χ4n) is 3.62. The van der Waals surface area contributed by atoms with Gasteiger partial charge in [0.2, 0.25) is 0 Å². The minimum Gasteiger partial charge on any atom is -0.453 e. The number of aryl methyl sites for hydroxylation is 1. The highest BCUT2D eigenvalue weighted by Crippen LogP contribution is 2.43. The van der Waals surface area contributed by atoms with Gasteiger partial charge in [0.25, 0.3) is 0 Å². The molecule has 1 heterocycles. The molecular weight excluding hydrogens is 326 g/mol. The van der Waals surface area contributed by atoms with Crippen LogP contribution < -0.4 is 20.7 Å². The zero-order valence-electron chi connectivity index (χ0n) is 15.3. The minimum absolute atomic E-state index is 0.00606. The highest BCUT2D eigenvalue weighted by atomic mass is 16.5. The van der Waals surface area contributed by atoms with E-state index in [1.54, 1.807) is 6.08 Å². The third-order valence-corrected chi connectivity index (χ3v) is 4.81. The molecule has 1 aliphatic heterocycles. The lowest BCUT2D eigenvalue weighted by atomic mass is 9.84. The molecular formula is C21H23N3O2. The molecule has 0 saturated heterocycles. The van der Waals surface area contributed by atoms with Crippen molar-refractivity contribution in [3.8, 4) is 5.75 Å². The fraction of sp³-hybridized carbons (Fsp3) is 0.286. The van der Waals surface area contributed by atoms with Gasteiger partial charge in [0.15, 0.2) is 11.5 Å². The molecule has 0 fully saturated rings. The number of fused-ring (bicyclic) bond motifs is 3. The van der Waals surface area contributed by atoms with Gasteiger partial charge in [-0.2, -0.15) is 0 Å². The molecule has 0 spiro atoms. The van der Waals surface area contributed by atoms with E-state index in [1.807, 2.05) is 24.3 Å². The monoisotopic (exact) mass is 349 g/mol. The lowest BCUT2D eigenvalue weighted by molar-refractivity contribution is -0.111. The summed E-state index contributed by atoms with van der Waals surface area (Å²) in [5, 5.41) is 10.2. The Morgan fingerprint density at radius 1 is 1.23 bits per heavy atom. The highest BCUT2D eigenvalue weighted by Gasteiger charge is 2.34. The van der Waals surface area contributed by atoms with Crippen molar-refractivity contribution < 1.29 is 9.53 Å². The van der Waals surface area contributed by atoms with Crippen molar-refractivity contribution in [2.75, 3.05) is 23.7 Å². The van der Waals surface area contributed by atoms with Gasteiger partial charge in [-0.3, -0.25) is 4.79 Å². The SMILES string of the molecule is CCNc1cc2c(cc1C)NC1=C3C(=O)C=CC=C3C(NCC)C=C1O2. The molecule has 1 aromatic rings. The maximum atomic E-state index is 12.6. The summed E-state index contributed by atoms with van der Waals surface area (Å²) in [6.45, 7) is 7.84. The Morgan fingerprint density at radius 3 is 2.85 bits per heavy atom.